The normalized spacial score (nSPS) is 17.1. The number of para-hydroxylation sites is 1. The predicted octanol–water partition coefficient (Wildman–Crippen LogP) is 5.81. The zero-order valence-electron chi connectivity index (χ0n) is 17.3. The molecule has 1 aliphatic carbocycles. The van der Waals surface area contributed by atoms with Gasteiger partial charge in [-0.15, -0.1) is 0 Å². The topological polar surface area (TPSA) is 77.3 Å². The molecule has 7 heteroatoms. The molecule has 3 aromatic carbocycles. The number of hydrogen-bond acceptors (Lipinski definition) is 5. The van der Waals surface area contributed by atoms with Crippen molar-refractivity contribution in [3.05, 3.63) is 83.4 Å². The van der Waals surface area contributed by atoms with Crippen LogP contribution in [0.15, 0.2) is 77.3 Å². The largest absolute Gasteiger partial charge is 0.497 e. The van der Waals surface area contributed by atoms with E-state index in [9.17, 15) is 4.79 Å². The van der Waals surface area contributed by atoms with Gasteiger partial charge in [-0.2, -0.15) is 4.98 Å². The second-order valence-corrected chi connectivity index (χ2v) is 8.12. The van der Waals surface area contributed by atoms with Gasteiger partial charge in [-0.3, -0.25) is 4.79 Å². The molecule has 0 aliphatic heterocycles. The number of nitrogens with zero attached hydrogens (tertiary/aromatic N) is 2. The van der Waals surface area contributed by atoms with Gasteiger partial charge in [0.15, 0.2) is 0 Å². The number of ether oxygens (including phenoxy) is 1. The Morgan fingerprint density at radius 1 is 1.06 bits per heavy atom. The van der Waals surface area contributed by atoms with E-state index in [1.807, 2.05) is 72.8 Å². The summed E-state index contributed by atoms with van der Waals surface area (Å²) in [7, 11) is 1.62. The van der Waals surface area contributed by atoms with Crippen LogP contribution >= 0.6 is 11.6 Å². The number of hydrogen-bond donors (Lipinski definition) is 1. The molecule has 1 amide bonds. The van der Waals surface area contributed by atoms with Crippen LogP contribution in [0.1, 0.15) is 17.9 Å². The minimum absolute atomic E-state index is 0.0210. The van der Waals surface area contributed by atoms with Gasteiger partial charge in [0.05, 0.1) is 18.4 Å². The first-order chi connectivity index (χ1) is 15.6. The molecular formula is C25H20ClN3O3. The lowest BCUT2D eigenvalue weighted by molar-refractivity contribution is -0.117. The number of aromatic nitrogens is 2. The maximum Gasteiger partial charge on any atom is 0.260 e. The fourth-order valence-electron chi connectivity index (χ4n) is 3.76. The number of anilines is 1. The van der Waals surface area contributed by atoms with E-state index in [1.54, 1.807) is 7.11 Å². The molecule has 32 heavy (non-hydrogen) atoms. The molecule has 160 valence electrons. The van der Waals surface area contributed by atoms with Crippen LogP contribution in [0, 0.1) is 5.92 Å². The Bertz CT molecular complexity index is 1250. The van der Waals surface area contributed by atoms with Crippen LogP contribution < -0.4 is 10.1 Å². The molecule has 5 rings (SSSR count). The Morgan fingerprint density at radius 3 is 2.56 bits per heavy atom. The van der Waals surface area contributed by atoms with Crippen molar-refractivity contribution in [3.63, 3.8) is 0 Å². The Morgan fingerprint density at radius 2 is 1.81 bits per heavy atom. The average Bonchev–Trinajstić information content (AvgIpc) is 3.48. The standard InChI is InChI=1S/C25H20ClN3O3/c1-31-18-12-8-16(9-13-18)23-28-25(32-29-23)19-4-2-3-5-22(19)27-24(30)21-14-20(21)15-6-10-17(26)11-7-15/h2-13,20-21H,14H2,1H3,(H,27,30). The first-order valence-corrected chi connectivity index (χ1v) is 10.6. The molecule has 1 aliphatic rings. The number of carbonyl (C=O) groups excluding carboxylic acids is 1. The van der Waals surface area contributed by atoms with Crippen molar-refractivity contribution in [2.24, 2.45) is 5.92 Å². The highest BCUT2D eigenvalue weighted by atomic mass is 35.5. The summed E-state index contributed by atoms with van der Waals surface area (Å²) in [4.78, 5) is 17.4. The Kier molecular flexibility index (Phi) is 5.37. The molecule has 0 bridgehead atoms. The van der Waals surface area contributed by atoms with Gasteiger partial charge in [-0.25, -0.2) is 0 Å². The maximum absolute atomic E-state index is 12.9. The van der Waals surface area contributed by atoms with E-state index in [1.165, 1.54) is 0 Å². The molecule has 1 aromatic heterocycles. The summed E-state index contributed by atoms with van der Waals surface area (Å²) in [5.41, 5.74) is 3.26. The fourth-order valence-corrected chi connectivity index (χ4v) is 3.88. The SMILES string of the molecule is COc1ccc(-c2noc(-c3ccccc3NC(=O)C3CC3c3ccc(Cl)cc3)n2)cc1. The average molecular weight is 446 g/mol. The first-order valence-electron chi connectivity index (χ1n) is 10.3. The lowest BCUT2D eigenvalue weighted by Gasteiger charge is -2.08. The van der Waals surface area contributed by atoms with Gasteiger partial charge in [0.2, 0.25) is 11.7 Å². The lowest BCUT2D eigenvalue weighted by Crippen LogP contribution is -2.15. The Hall–Kier alpha value is -3.64. The second kappa shape index (κ2) is 8.48. The van der Waals surface area contributed by atoms with Gasteiger partial charge in [0.25, 0.3) is 5.89 Å². The monoisotopic (exact) mass is 445 g/mol. The van der Waals surface area contributed by atoms with Crippen molar-refractivity contribution in [3.8, 4) is 28.6 Å². The number of benzene rings is 3. The summed E-state index contributed by atoms with van der Waals surface area (Å²) in [6.07, 6.45) is 0.817. The van der Waals surface area contributed by atoms with Gasteiger partial charge >= 0.3 is 0 Å². The van der Waals surface area contributed by atoms with Gasteiger partial charge in [0, 0.05) is 16.5 Å². The molecule has 2 atom stereocenters. The van der Waals surface area contributed by atoms with Crippen LogP contribution in [0.3, 0.4) is 0 Å². The van der Waals surface area contributed by atoms with Gasteiger partial charge in [0.1, 0.15) is 5.75 Å². The molecule has 1 fully saturated rings. The highest BCUT2D eigenvalue weighted by molar-refractivity contribution is 6.30. The highest BCUT2D eigenvalue weighted by Crippen LogP contribution is 2.48. The zero-order valence-corrected chi connectivity index (χ0v) is 18.0. The van der Waals surface area contributed by atoms with Crippen molar-refractivity contribution in [2.45, 2.75) is 12.3 Å². The number of carbonyl (C=O) groups is 1. The zero-order chi connectivity index (χ0) is 22.1. The minimum Gasteiger partial charge on any atom is -0.497 e. The molecule has 0 saturated heterocycles. The third kappa shape index (κ3) is 4.09. The van der Waals surface area contributed by atoms with Crippen molar-refractivity contribution in [2.75, 3.05) is 12.4 Å². The van der Waals surface area contributed by atoms with E-state index in [-0.39, 0.29) is 17.7 Å². The van der Waals surface area contributed by atoms with E-state index in [2.05, 4.69) is 15.5 Å². The third-order valence-electron chi connectivity index (χ3n) is 5.61. The highest BCUT2D eigenvalue weighted by Gasteiger charge is 2.44. The predicted molar refractivity (Wildman–Crippen MR) is 123 cm³/mol. The number of amides is 1. The lowest BCUT2D eigenvalue weighted by atomic mass is 10.1. The fraction of sp³-hybridized carbons (Fsp3) is 0.160. The molecule has 1 heterocycles. The Balaban J connectivity index is 1.33. The van der Waals surface area contributed by atoms with E-state index in [4.69, 9.17) is 20.9 Å². The summed E-state index contributed by atoms with van der Waals surface area (Å²) in [5, 5.41) is 7.82. The molecule has 1 N–H and O–H groups in total. The van der Waals surface area contributed by atoms with Crippen LogP contribution in [-0.4, -0.2) is 23.2 Å². The van der Waals surface area contributed by atoms with Crippen molar-refractivity contribution < 1.29 is 14.1 Å². The number of rotatable bonds is 6. The molecule has 2 unspecified atom stereocenters. The van der Waals surface area contributed by atoms with Gasteiger partial charge in [-0.1, -0.05) is 41.0 Å². The van der Waals surface area contributed by atoms with Crippen molar-refractivity contribution in [1.82, 2.24) is 10.1 Å². The van der Waals surface area contributed by atoms with E-state index >= 15 is 0 Å². The van der Waals surface area contributed by atoms with Crippen molar-refractivity contribution in [1.29, 1.82) is 0 Å². The smallest absolute Gasteiger partial charge is 0.260 e. The van der Waals surface area contributed by atoms with Gasteiger partial charge < -0.3 is 14.6 Å². The third-order valence-corrected chi connectivity index (χ3v) is 5.87. The summed E-state index contributed by atoms with van der Waals surface area (Å²) in [5.74, 6) is 1.69. The van der Waals surface area contributed by atoms with E-state index < -0.39 is 0 Å². The number of methoxy groups -OCH3 is 1. The molecular weight excluding hydrogens is 426 g/mol. The van der Waals surface area contributed by atoms with Crippen LogP contribution in [0.25, 0.3) is 22.8 Å². The first kappa shape index (κ1) is 20.3. The molecule has 0 radical (unpaired) electrons. The van der Waals surface area contributed by atoms with E-state index in [0.29, 0.717) is 28.0 Å². The molecule has 1 saturated carbocycles. The van der Waals surface area contributed by atoms with Crippen molar-refractivity contribution >= 4 is 23.2 Å². The summed E-state index contributed by atoms with van der Waals surface area (Å²) in [6, 6.07) is 22.5. The summed E-state index contributed by atoms with van der Waals surface area (Å²) in [6.45, 7) is 0. The maximum atomic E-state index is 12.9. The molecule has 0 spiro atoms. The van der Waals surface area contributed by atoms with Crippen LogP contribution in [0.5, 0.6) is 5.75 Å². The van der Waals surface area contributed by atoms with Gasteiger partial charge in [-0.05, 0) is 66.4 Å². The molecule has 4 aromatic rings. The van der Waals surface area contributed by atoms with E-state index in [0.717, 1.165) is 23.3 Å². The summed E-state index contributed by atoms with van der Waals surface area (Å²) >= 11 is 5.97. The molecule has 6 nitrogen and oxygen atoms in total. The number of nitrogens with one attached hydrogen (secondary N) is 1. The quantitative estimate of drug-likeness (QED) is 0.405. The number of halogens is 1. The summed E-state index contributed by atoms with van der Waals surface area (Å²) < 4.78 is 10.7. The van der Waals surface area contributed by atoms with Crippen LogP contribution in [-0.2, 0) is 4.79 Å². The van der Waals surface area contributed by atoms with Crippen LogP contribution in [0.2, 0.25) is 5.02 Å². The minimum atomic E-state index is -0.0678. The Labute approximate surface area is 190 Å². The second-order valence-electron chi connectivity index (χ2n) is 7.69. The van der Waals surface area contributed by atoms with Crippen LogP contribution in [0.4, 0.5) is 5.69 Å².